The third-order valence-corrected chi connectivity index (χ3v) is 6.59. The van der Waals surface area contributed by atoms with Crippen LogP contribution in [0.15, 0.2) is 0 Å². The number of hydrogen-bond donors (Lipinski definition) is 2. The van der Waals surface area contributed by atoms with Crippen LogP contribution in [-0.4, -0.2) is 40.1 Å². The smallest absolute Gasteiger partial charge is 0.300 e. The zero-order valence-corrected chi connectivity index (χ0v) is 14.6. The van der Waals surface area contributed by atoms with Crippen LogP contribution in [0.25, 0.3) is 0 Å². The molecule has 0 aromatic rings. The van der Waals surface area contributed by atoms with Crippen molar-refractivity contribution >= 4 is 5.97 Å². The Kier molecular flexibility index (Phi) is 5.63. The maximum Gasteiger partial charge on any atom is 0.300 e. The highest BCUT2D eigenvalue weighted by Crippen LogP contribution is 2.45. The zero-order chi connectivity index (χ0) is 16.4. The summed E-state index contributed by atoms with van der Waals surface area (Å²) in [5.74, 6) is 1.29. The maximum atomic E-state index is 9.00. The molecule has 0 aromatic heterocycles. The van der Waals surface area contributed by atoms with E-state index < -0.39 is 5.97 Å². The summed E-state index contributed by atoms with van der Waals surface area (Å²) >= 11 is 0. The molecule has 4 fully saturated rings. The number of aliphatic carboxylic acids is 1. The van der Waals surface area contributed by atoms with Gasteiger partial charge in [0.2, 0.25) is 0 Å². The fourth-order valence-corrected chi connectivity index (χ4v) is 6.00. The molecule has 2 saturated carbocycles. The minimum atomic E-state index is -0.833. The van der Waals surface area contributed by atoms with E-state index in [4.69, 9.17) is 15.6 Å². The number of carboxylic acids is 1. The van der Waals surface area contributed by atoms with Crippen molar-refractivity contribution in [1.29, 1.82) is 0 Å². The van der Waals surface area contributed by atoms with E-state index in [9.17, 15) is 0 Å². The highest BCUT2D eigenvalue weighted by molar-refractivity contribution is 5.62. The summed E-state index contributed by atoms with van der Waals surface area (Å²) in [7, 11) is 0. The van der Waals surface area contributed by atoms with E-state index in [1.165, 1.54) is 64.2 Å². The summed E-state index contributed by atoms with van der Waals surface area (Å²) < 4.78 is 0. The van der Waals surface area contributed by atoms with E-state index in [0.717, 1.165) is 36.9 Å². The largest absolute Gasteiger partial charge is 0.481 e. The Morgan fingerprint density at radius 2 is 1.35 bits per heavy atom. The van der Waals surface area contributed by atoms with Gasteiger partial charge in [-0.2, -0.15) is 0 Å². The molecule has 0 aromatic carbocycles. The minimum absolute atomic E-state index is 0.495. The van der Waals surface area contributed by atoms with Crippen molar-refractivity contribution < 1.29 is 9.90 Å². The first-order chi connectivity index (χ1) is 11.0. The van der Waals surface area contributed by atoms with Crippen molar-refractivity contribution in [3.8, 4) is 0 Å². The Balaban J connectivity index is 0.000000354. The third-order valence-electron chi connectivity index (χ3n) is 6.59. The molecule has 4 heteroatoms. The van der Waals surface area contributed by atoms with E-state index in [1.54, 1.807) is 6.42 Å². The van der Waals surface area contributed by atoms with Gasteiger partial charge in [-0.25, -0.2) is 0 Å². The average Bonchev–Trinajstić information content (AvgIpc) is 2.45. The van der Waals surface area contributed by atoms with Crippen molar-refractivity contribution in [3.05, 3.63) is 0 Å². The molecule has 6 atom stereocenters. The van der Waals surface area contributed by atoms with E-state index in [0.29, 0.717) is 6.04 Å². The topological polar surface area (TPSA) is 66.6 Å². The van der Waals surface area contributed by atoms with Crippen LogP contribution in [-0.2, 0) is 4.79 Å². The second-order valence-electron chi connectivity index (χ2n) is 8.46. The van der Waals surface area contributed by atoms with Gasteiger partial charge in [-0.1, -0.05) is 25.7 Å². The van der Waals surface area contributed by atoms with Crippen LogP contribution in [0.2, 0.25) is 0 Å². The second-order valence-corrected chi connectivity index (χ2v) is 8.46. The zero-order valence-electron chi connectivity index (χ0n) is 14.6. The predicted octanol–water partition coefficient (Wildman–Crippen LogP) is 3.39. The quantitative estimate of drug-likeness (QED) is 0.776. The molecule has 2 aliphatic heterocycles. The van der Waals surface area contributed by atoms with Crippen LogP contribution in [0.3, 0.4) is 0 Å². The second kappa shape index (κ2) is 7.52. The Bertz CT molecular complexity index is 384. The fraction of sp³-hybridized carbons (Fsp3) is 0.947. The number of piperidine rings is 2. The minimum Gasteiger partial charge on any atom is -0.481 e. The Labute approximate surface area is 140 Å². The number of hydrogen-bond acceptors (Lipinski definition) is 3. The molecule has 23 heavy (non-hydrogen) atoms. The van der Waals surface area contributed by atoms with Gasteiger partial charge >= 0.3 is 0 Å². The van der Waals surface area contributed by atoms with Crippen LogP contribution in [0.4, 0.5) is 0 Å². The van der Waals surface area contributed by atoms with Crippen molar-refractivity contribution in [3.63, 3.8) is 0 Å². The number of fused-ring (bicyclic) bond motifs is 4. The van der Waals surface area contributed by atoms with Gasteiger partial charge in [0.05, 0.1) is 0 Å². The Hall–Kier alpha value is -0.610. The standard InChI is InChI=1S/C17H30N2.C2H4O2/c18-14-10-15-5-2-6-16(11-14)19(15)17-8-12-3-1-4-13(7-12)9-17;1-2(3)4/h12-17H,1-11,18H2;1H3,(H,3,4)/t12-,13+,14-,15-,16+,17-;. The first-order valence-electron chi connectivity index (χ1n) is 9.75. The van der Waals surface area contributed by atoms with Gasteiger partial charge in [-0.15, -0.1) is 0 Å². The van der Waals surface area contributed by atoms with Gasteiger partial charge in [-0.3, -0.25) is 9.69 Å². The number of nitrogens with two attached hydrogens (primary N) is 1. The predicted molar refractivity (Wildman–Crippen MR) is 92.3 cm³/mol. The summed E-state index contributed by atoms with van der Waals surface area (Å²) in [6, 6.07) is 3.10. The van der Waals surface area contributed by atoms with E-state index >= 15 is 0 Å². The van der Waals surface area contributed by atoms with Crippen molar-refractivity contribution in [1.82, 2.24) is 4.90 Å². The van der Waals surface area contributed by atoms with Gasteiger partial charge in [0.15, 0.2) is 0 Å². The SMILES string of the molecule is CC(=O)O.N[C@@H]1C[C@H]2CCC[C@@H](C1)N2[C@@H]1C[C@@H]2CCC[C@@H](C2)C1. The summed E-state index contributed by atoms with van der Waals surface area (Å²) in [6.45, 7) is 1.08. The Morgan fingerprint density at radius 1 is 0.870 bits per heavy atom. The first-order valence-corrected chi connectivity index (χ1v) is 9.75. The summed E-state index contributed by atoms with van der Waals surface area (Å²) in [5.41, 5.74) is 6.28. The molecule has 3 N–H and O–H groups in total. The molecular formula is C19H34N2O2. The lowest BCUT2D eigenvalue weighted by molar-refractivity contribution is -0.134. The van der Waals surface area contributed by atoms with Gasteiger partial charge in [0.1, 0.15) is 0 Å². The lowest BCUT2D eigenvalue weighted by Crippen LogP contribution is -2.60. The molecule has 0 spiro atoms. The van der Waals surface area contributed by atoms with Gasteiger partial charge in [0, 0.05) is 31.1 Å². The number of carboxylic acid groups (broad SMARTS) is 1. The molecule has 0 unspecified atom stereocenters. The molecular weight excluding hydrogens is 288 g/mol. The summed E-state index contributed by atoms with van der Waals surface area (Å²) in [6.07, 6.45) is 16.0. The molecule has 4 aliphatic rings. The third kappa shape index (κ3) is 4.27. The monoisotopic (exact) mass is 322 g/mol. The normalized spacial score (nSPS) is 43.2. The molecule has 2 saturated heterocycles. The maximum absolute atomic E-state index is 9.00. The van der Waals surface area contributed by atoms with E-state index in [2.05, 4.69) is 4.90 Å². The van der Waals surface area contributed by atoms with Crippen LogP contribution in [0, 0.1) is 11.8 Å². The molecule has 4 bridgehead atoms. The lowest BCUT2D eigenvalue weighted by Gasteiger charge is -2.55. The summed E-state index contributed by atoms with van der Waals surface area (Å²) in [4.78, 5) is 12.0. The van der Waals surface area contributed by atoms with Crippen molar-refractivity contribution in [2.24, 2.45) is 17.6 Å². The molecule has 2 heterocycles. The summed E-state index contributed by atoms with van der Waals surface area (Å²) in [5, 5.41) is 7.42. The molecule has 4 nitrogen and oxygen atoms in total. The molecule has 132 valence electrons. The van der Waals surface area contributed by atoms with Crippen LogP contribution in [0.1, 0.15) is 77.6 Å². The van der Waals surface area contributed by atoms with Crippen molar-refractivity contribution in [2.75, 3.05) is 0 Å². The van der Waals surface area contributed by atoms with Gasteiger partial charge in [0.25, 0.3) is 5.97 Å². The average molecular weight is 322 g/mol. The van der Waals surface area contributed by atoms with Gasteiger partial charge < -0.3 is 10.8 Å². The first kappa shape index (κ1) is 17.2. The Morgan fingerprint density at radius 3 is 1.87 bits per heavy atom. The number of rotatable bonds is 1. The lowest BCUT2D eigenvalue weighted by atomic mass is 9.68. The van der Waals surface area contributed by atoms with Crippen LogP contribution >= 0.6 is 0 Å². The number of nitrogens with zero attached hydrogens (tertiary/aromatic N) is 1. The molecule has 4 rings (SSSR count). The number of carbonyl (C=O) groups is 1. The highest BCUT2D eigenvalue weighted by atomic mass is 16.4. The van der Waals surface area contributed by atoms with Crippen LogP contribution in [0.5, 0.6) is 0 Å². The van der Waals surface area contributed by atoms with Crippen molar-refractivity contribution in [2.45, 2.75) is 102 Å². The van der Waals surface area contributed by atoms with E-state index in [-0.39, 0.29) is 0 Å². The fourth-order valence-electron chi connectivity index (χ4n) is 6.00. The molecule has 0 amide bonds. The van der Waals surface area contributed by atoms with Gasteiger partial charge in [-0.05, 0) is 56.8 Å². The van der Waals surface area contributed by atoms with Crippen LogP contribution < -0.4 is 5.73 Å². The van der Waals surface area contributed by atoms with E-state index in [1.807, 2.05) is 0 Å². The molecule has 2 aliphatic carbocycles. The molecule has 0 radical (unpaired) electrons. The highest BCUT2D eigenvalue weighted by Gasteiger charge is 2.43.